The van der Waals surface area contributed by atoms with Crippen LogP contribution in [-0.4, -0.2) is 29.2 Å². The van der Waals surface area contributed by atoms with E-state index in [-0.39, 0.29) is 11.8 Å². The number of carbonyl (C=O) groups excluding carboxylic acids is 1. The molecule has 1 atom stereocenters. The first-order valence-electron chi connectivity index (χ1n) is 7.97. The van der Waals surface area contributed by atoms with Gasteiger partial charge in [-0.05, 0) is 35.5 Å². The lowest BCUT2D eigenvalue weighted by molar-refractivity contribution is -0.126. The van der Waals surface area contributed by atoms with E-state index < -0.39 is 0 Å². The molecule has 2 aromatic rings. The molecule has 7 heteroatoms. The summed E-state index contributed by atoms with van der Waals surface area (Å²) in [5.74, 6) is 1.55. The Morgan fingerprint density at radius 3 is 3.08 bits per heavy atom. The third kappa shape index (κ3) is 3.36. The van der Waals surface area contributed by atoms with Crippen LogP contribution in [-0.2, 0) is 17.8 Å². The topological polar surface area (TPSA) is 73.3 Å². The third-order valence-electron chi connectivity index (χ3n) is 4.10. The molecule has 1 aliphatic heterocycles. The summed E-state index contributed by atoms with van der Waals surface area (Å²) in [4.78, 5) is 13.5. The minimum absolute atomic E-state index is 0.00780. The molecule has 1 amide bonds. The van der Waals surface area contributed by atoms with Crippen LogP contribution in [0.25, 0.3) is 0 Å². The molecule has 0 aliphatic carbocycles. The first-order valence-corrected chi connectivity index (χ1v) is 8.75. The number of hydrogen-bond donors (Lipinski definition) is 1. The van der Waals surface area contributed by atoms with Crippen molar-refractivity contribution in [3.05, 3.63) is 34.3 Å². The normalized spacial score (nSPS) is 16.4. The summed E-state index contributed by atoms with van der Waals surface area (Å²) in [6.45, 7) is 4.96. The Hall–Kier alpha value is -2.15. The Kier molecular flexibility index (Phi) is 4.99. The van der Waals surface area contributed by atoms with Crippen molar-refractivity contribution in [2.75, 3.05) is 13.7 Å². The summed E-state index contributed by atoms with van der Waals surface area (Å²) < 4.78 is 15.1. The Morgan fingerprint density at radius 2 is 2.33 bits per heavy atom. The van der Waals surface area contributed by atoms with E-state index >= 15 is 0 Å². The lowest BCUT2D eigenvalue weighted by atomic mass is 9.95. The van der Waals surface area contributed by atoms with Gasteiger partial charge in [0.2, 0.25) is 5.91 Å². The van der Waals surface area contributed by atoms with E-state index in [1.807, 2.05) is 18.2 Å². The summed E-state index contributed by atoms with van der Waals surface area (Å²) in [7, 11) is 1.62. The number of carbonyl (C=O) groups is 1. The number of hydrogen-bond acceptors (Lipinski definition) is 6. The Balaban J connectivity index is 1.63. The molecule has 1 aromatic heterocycles. The van der Waals surface area contributed by atoms with Crippen molar-refractivity contribution in [3.63, 3.8) is 0 Å². The smallest absolute Gasteiger partial charge is 0.227 e. The maximum Gasteiger partial charge on any atom is 0.227 e. The molecule has 1 aliphatic rings. The van der Waals surface area contributed by atoms with Gasteiger partial charge in [0.1, 0.15) is 6.61 Å². The molecule has 3 rings (SSSR count). The van der Waals surface area contributed by atoms with Gasteiger partial charge in [-0.1, -0.05) is 30.5 Å². The van der Waals surface area contributed by atoms with E-state index in [4.69, 9.17) is 9.47 Å². The van der Waals surface area contributed by atoms with Gasteiger partial charge in [0.15, 0.2) is 11.5 Å². The van der Waals surface area contributed by atoms with E-state index in [2.05, 4.69) is 28.8 Å². The maximum absolute atomic E-state index is 12.5. The second-order valence-corrected chi connectivity index (χ2v) is 6.95. The average molecular weight is 347 g/mol. The quantitative estimate of drug-likeness (QED) is 0.900. The number of benzene rings is 1. The number of nitrogens with zero attached hydrogens (tertiary/aromatic N) is 2. The molecule has 0 bridgehead atoms. The fourth-order valence-electron chi connectivity index (χ4n) is 2.81. The van der Waals surface area contributed by atoms with Gasteiger partial charge >= 0.3 is 0 Å². The lowest BCUT2D eigenvalue weighted by Gasteiger charge is -2.25. The van der Waals surface area contributed by atoms with Crippen LogP contribution in [0.2, 0.25) is 0 Å². The average Bonchev–Trinajstić information content (AvgIpc) is 3.07. The fraction of sp³-hybridized carbons (Fsp3) is 0.471. The van der Waals surface area contributed by atoms with Crippen molar-refractivity contribution in [2.45, 2.75) is 32.7 Å². The molecular formula is C17H21N3O3S. The van der Waals surface area contributed by atoms with Crippen molar-refractivity contribution in [1.29, 1.82) is 0 Å². The monoisotopic (exact) mass is 347 g/mol. The molecule has 0 spiro atoms. The third-order valence-corrected chi connectivity index (χ3v) is 4.84. The molecule has 0 fully saturated rings. The van der Waals surface area contributed by atoms with Gasteiger partial charge in [-0.2, -0.15) is 0 Å². The minimum atomic E-state index is -0.201. The number of fused-ring (bicyclic) bond motifs is 1. The Morgan fingerprint density at radius 1 is 1.50 bits per heavy atom. The predicted octanol–water partition coefficient (Wildman–Crippen LogP) is 2.54. The Bertz CT molecular complexity index is 730. The number of methoxy groups -OCH3 is 1. The van der Waals surface area contributed by atoms with Crippen molar-refractivity contribution in [2.24, 2.45) is 5.92 Å². The van der Waals surface area contributed by atoms with Crippen molar-refractivity contribution in [3.8, 4) is 11.5 Å². The summed E-state index contributed by atoms with van der Waals surface area (Å²) >= 11 is 1.34. The largest absolute Gasteiger partial charge is 0.493 e. The number of ether oxygens (including phenoxy) is 2. The molecule has 1 aromatic carbocycles. The highest BCUT2D eigenvalue weighted by molar-refractivity contribution is 7.05. The van der Waals surface area contributed by atoms with Crippen LogP contribution < -0.4 is 14.8 Å². The second-order valence-electron chi connectivity index (χ2n) is 6.11. The van der Waals surface area contributed by atoms with E-state index in [1.54, 1.807) is 7.11 Å². The molecule has 0 saturated carbocycles. The SMILES string of the molecule is COc1cccc2c1OC[C@H](C(=O)NCc1snnc1C(C)C)C2. The lowest BCUT2D eigenvalue weighted by Crippen LogP contribution is -2.37. The molecule has 24 heavy (non-hydrogen) atoms. The highest BCUT2D eigenvalue weighted by Crippen LogP contribution is 2.36. The number of para-hydroxylation sites is 1. The first-order chi connectivity index (χ1) is 11.6. The molecule has 0 saturated heterocycles. The number of aromatic nitrogens is 2. The number of nitrogens with one attached hydrogen (secondary N) is 1. The van der Waals surface area contributed by atoms with Crippen LogP contribution in [0.3, 0.4) is 0 Å². The summed E-state index contributed by atoms with van der Waals surface area (Å²) in [6.07, 6.45) is 0.649. The van der Waals surface area contributed by atoms with E-state index in [1.165, 1.54) is 11.5 Å². The standard InChI is InChI=1S/C17H21N3O3S/c1-10(2)15-14(24-20-19-15)8-18-17(21)12-7-11-5-4-6-13(22-3)16(11)23-9-12/h4-6,10,12H,7-9H2,1-3H3,(H,18,21)/t12-/m1/s1. The van der Waals surface area contributed by atoms with Gasteiger partial charge < -0.3 is 14.8 Å². The van der Waals surface area contributed by atoms with Gasteiger partial charge in [-0.15, -0.1) is 5.10 Å². The molecule has 0 unspecified atom stereocenters. The van der Waals surface area contributed by atoms with Gasteiger partial charge in [0, 0.05) is 0 Å². The molecule has 2 heterocycles. The van der Waals surface area contributed by atoms with Crippen LogP contribution in [0.1, 0.15) is 35.9 Å². The number of amides is 1. The summed E-state index contributed by atoms with van der Waals surface area (Å²) in [5, 5.41) is 7.12. The van der Waals surface area contributed by atoms with E-state index in [0.29, 0.717) is 31.2 Å². The van der Waals surface area contributed by atoms with Gasteiger partial charge in [-0.25, -0.2) is 0 Å². The zero-order chi connectivity index (χ0) is 17.1. The van der Waals surface area contributed by atoms with Crippen LogP contribution in [0, 0.1) is 5.92 Å². The number of rotatable bonds is 5. The zero-order valence-corrected chi connectivity index (χ0v) is 14.9. The molecule has 128 valence electrons. The van der Waals surface area contributed by atoms with Crippen molar-refractivity contribution >= 4 is 17.4 Å². The fourth-order valence-corrected chi connectivity index (χ4v) is 3.55. The van der Waals surface area contributed by atoms with Crippen molar-refractivity contribution < 1.29 is 14.3 Å². The molecule has 6 nitrogen and oxygen atoms in total. The van der Waals surface area contributed by atoms with Crippen LogP contribution >= 0.6 is 11.5 Å². The van der Waals surface area contributed by atoms with Gasteiger partial charge in [-0.3, -0.25) is 4.79 Å². The summed E-state index contributed by atoms with van der Waals surface area (Å²) in [6, 6.07) is 5.75. The zero-order valence-electron chi connectivity index (χ0n) is 14.0. The van der Waals surface area contributed by atoms with Crippen LogP contribution in [0.15, 0.2) is 18.2 Å². The molecule has 1 N–H and O–H groups in total. The molecule has 0 radical (unpaired) electrons. The maximum atomic E-state index is 12.5. The Labute approximate surface area is 145 Å². The highest BCUT2D eigenvalue weighted by atomic mass is 32.1. The highest BCUT2D eigenvalue weighted by Gasteiger charge is 2.28. The summed E-state index contributed by atoms with van der Waals surface area (Å²) in [5.41, 5.74) is 1.96. The van der Waals surface area contributed by atoms with Gasteiger partial charge in [0.05, 0.1) is 30.1 Å². The predicted molar refractivity (Wildman–Crippen MR) is 91.5 cm³/mol. The van der Waals surface area contributed by atoms with Crippen LogP contribution in [0.5, 0.6) is 11.5 Å². The van der Waals surface area contributed by atoms with E-state index in [9.17, 15) is 4.79 Å². The van der Waals surface area contributed by atoms with Crippen molar-refractivity contribution in [1.82, 2.24) is 14.9 Å². The van der Waals surface area contributed by atoms with Gasteiger partial charge in [0.25, 0.3) is 0 Å². The first kappa shape index (κ1) is 16.7. The van der Waals surface area contributed by atoms with E-state index in [0.717, 1.165) is 21.9 Å². The van der Waals surface area contributed by atoms with Crippen LogP contribution in [0.4, 0.5) is 0 Å². The molecular weight excluding hydrogens is 326 g/mol. The minimum Gasteiger partial charge on any atom is -0.493 e. The second kappa shape index (κ2) is 7.17.